The van der Waals surface area contributed by atoms with Crippen molar-refractivity contribution in [3.63, 3.8) is 0 Å². The molecular formula is C10H12FNS. The highest BCUT2D eigenvalue weighted by atomic mass is 32.2. The van der Waals surface area contributed by atoms with Crippen molar-refractivity contribution in [1.82, 2.24) is 0 Å². The van der Waals surface area contributed by atoms with E-state index in [0.29, 0.717) is 6.04 Å². The molecule has 0 radical (unpaired) electrons. The van der Waals surface area contributed by atoms with Gasteiger partial charge in [0.25, 0.3) is 0 Å². The Morgan fingerprint density at radius 2 is 2.31 bits per heavy atom. The fourth-order valence-electron chi connectivity index (χ4n) is 1.50. The molecule has 0 fully saturated rings. The van der Waals surface area contributed by atoms with Crippen molar-refractivity contribution >= 4 is 17.4 Å². The van der Waals surface area contributed by atoms with E-state index < -0.39 is 0 Å². The number of para-hydroxylation sites is 1. The van der Waals surface area contributed by atoms with E-state index >= 15 is 0 Å². The van der Waals surface area contributed by atoms with Crippen LogP contribution in [0, 0.1) is 5.82 Å². The summed E-state index contributed by atoms with van der Waals surface area (Å²) in [6.07, 6.45) is 0. The van der Waals surface area contributed by atoms with Crippen molar-refractivity contribution in [3.8, 4) is 0 Å². The smallest absolute Gasteiger partial charge is 0.147 e. The Morgan fingerprint density at radius 1 is 1.54 bits per heavy atom. The average Bonchev–Trinajstić information content (AvgIpc) is 2.12. The Hall–Kier alpha value is -0.700. The van der Waals surface area contributed by atoms with E-state index in [4.69, 9.17) is 0 Å². The van der Waals surface area contributed by atoms with E-state index in [0.717, 1.165) is 16.3 Å². The maximum Gasteiger partial charge on any atom is 0.147 e. The predicted octanol–water partition coefficient (Wildman–Crippen LogP) is 2.76. The molecule has 0 aromatic heterocycles. The lowest BCUT2D eigenvalue weighted by molar-refractivity contribution is 0.607. The van der Waals surface area contributed by atoms with Crippen molar-refractivity contribution < 1.29 is 4.39 Å². The molecule has 0 aliphatic carbocycles. The summed E-state index contributed by atoms with van der Waals surface area (Å²) in [4.78, 5) is 3.07. The summed E-state index contributed by atoms with van der Waals surface area (Å²) in [5.41, 5.74) is 0.756. The Balaban J connectivity index is 2.51. The number of benzene rings is 1. The first kappa shape index (κ1) is 8.88. The first-order valence-electron chi connectivity index (χ1n) is 4.34. The van der Waals surface area contributed by atoms with Crippen molar-refractivity contribution in [2.75, 3.05) is 17.7 Å². The lowest BCUT2D eigenvalue weighted by atomic mass is 10.2. The molecule has 0 spiro atoms. The second kappa shape index (κ2) is 3.22. The van der Waals surface area contributed by atoms with Crippen LogP contribution in [-0.4, -0.2) is 18.8 Å². The van der Waals surface area contributed by atoms with Gasteiger partial charge in [0.1, 0.15) is 5.82 Å². The first-order chi connectivity index (χ1) is 6.20. The molecule has 13 heavy (non-hydrogen) atoms. The van der Waals surface area contributed by atoms with Gasteiger partial charge in [-0.15, -0.1) is 11.8 Å². The summed E-state index contributed by atoms with van der Waals surface area (Å²) in [6, 6.07) is 5.68. The van der Waals surface area contributed by atoms with E-state index in [1.807, 2.05) is 18.0 Å². The zero-order valence-electron chi connectivity index (χ0n) is 7.75. The molecule has 0 saturated carbocycles. The molecule has 3 heteroatoms. The number of anilines is 1. The van der Waals surface area contributed by atoms with Gasteiger partial charge in [0.15, 0.2) is 0 Å². The van der Waals surface area contributed by atoms with Crippen molar-refractivity contribution in [2.45, 2.75) is 17.9 Å². The molecular weight excluding hydrogens is 185 g/mol. The highest BCUT2D eigenvalue weighted by molar-refractivity contribution is 7.99. The van der Waals surface area contributed by atoms with Crippen LogP contribution in [0.25, 0.3) is 0 Å². The van der Waals surface area contributed by atoms with E-state index in [9.17, 15) is 4.39 Å². The zero-order chi connectivity index (χ0) is 9.42. The fourth-order valence-corrected chi connectivity index (χ4v) is 2.69. The van der Waals surface area contributed by atoms with Crippen LogP contribution < -0.4 is 4.90 Å². The summed E-state index contributed by atoms with van der Waals surface area (Å²) in [6.45, 7) is 2.11. The molecule has 1 aliphatic heterocycles. The second-order valence-corrected chi connectivity index (χ2v) is 4.42. The lowest BCUT2D eigenvalue weighted by Gasteiger charge is -2.33. The highest BCUT2D eigenvalue weighted by Gasteiger charge is 2.22. The summed E-state index contributed by atoms with van der Waals surface area (Å²) in [5.74, 6) is 0.923. The van der Waals surface area contributed by atoms with Gasteiger partial charge in [0, 0.05) is 23.7 Å². The Bertz CT molecular complexity index is 327. The van der Waals surface area contributed by atoms with Crippen molar-refractivity contribution in [3.05, 3.63) is 24.0 Å². The van der Waals surface area contributed by atoms with Crippen LogP contribution in [0.5, 0.6) is 0 Å². The van der Waals surface area contributed by atoms with E-state index in [-0.39, 0.29) is 5.82 Å². The van der Waals surface area contributed by atoms with Gasteiger partial charge in [-0.3, -0.25) is 0 Å². The van der Waals surface area contributed by atoms with Crippen molar-refractivity contribution in [1.29, 1.82) is 0 Å². The summed E-state index contributed by atoms with van der Waals surface area (Å²) >= 11 is 1.73. The summed E-state index contributed by atoms with van der Waals surface area (Å²) in [5, 5.41) is 0. The zero-order valence-corrected chi connectivity index (χ0v) is 8.57. The van der Waals surface area contributed by atoms with Crippen molar-refractivity contribution in [2.24, 2.45) is 0 Å². The largest absolute Gasteiger partial charge is 0.368 e. The van der Waals surface area contributed by atoms with Gasteiger partial charge in [-0.1, -0.05) is 6.07 Å². The number of hydrogen-bond acceptors (Lipinski definition) is 2. The van der Waals surface area contributed by atoms with Gasteiger partial charge in [-0.2, -0.15) is 0 Å². The minimum Gasteiger partial charge on any atom is -0.368 e. The monoisotopic (exact) mass is 197 g/mol. The quantitative estimate of drug-likeness (QED) is 0.629. The molecule has 1 aliphatic rings. The molecule has 70 valence electrons. The number of fused-ring (bicyclic) bond motifs is 1. The number of nitrogens with zero attached hydrogens (tertiary/aromatic N) is 1. The van der Waals surface area contributed by atoms with Crippen LogP contribution >= 0.6 is 11.8 Å². The predicted molar refractivity (Wildman–Crippen MR) is 55.0 cm³/mol. The van der Waals surface area contributed by atoms with Gasteiger partial charge in [0.2, 0.25) is 0 Å². The fraction of sp³-hybridized carbons (Fsp3) is 0.400. The third-order valence-corrected chi connectivity index (χ3v) is 3.73. The van der Waals surface area contributed by atoms with Crippen LogP contribution in [0.2, 0.25) is 0 Å². The van der Waals surface area contributed by atoms with Crippen LogP contribution in [0.3, 0.4) is 0 Å². The molecule has 2 rings (SSSR count). The van der Waals surface area contributed by atoms with Gasteiger partial charge in [-0.25, -0.2) is 4.39 Å². The van der Waals surface area contributed by atoms with Crippen LogP contribution in [-0.2, 0) is 0 Å². The van der Waals surface area contributed by atoms with E-state index in [1.54, 1.807) is 17.8 Å². The van der Waals surface area contributed by atoms with Gasteiger partial charge in [0.05, 0.1) is 5.69 Å². The summed E-state index contributed by atoms with van der Waals surface area (Å²) < 4.78 is 13.4. The average molecular weight is 197 g/mol. The molecule has 1 unspecified atom stereocenters. The normalized spacial score (nSPS) is 21.5. The van der Waals surface area contributed by atoms with E-state index in [2.05, 4.69) is 6.92 Å². The molecule has 1 aromatic rings. The Morgan fingerprint density at radius 3 is 3.08 bits per heavy atom. The van der Waals surface area contributed by atoms with Crippen LogP contribution in [0.1, 0.15) is 6.92 Å². The summed E-state index contributed by atoms with van der Waals surface area (Å²) in [7, 11) is 1.95. The SMILES string of the molecule is CC1CSc2cccc(F)c2N1C. The van der Waals surface area contributed by atoms with Gasteiger partial charge in [-0.05, 0) is 19.1 Å². The number of thioether (sulfide) groups is 1. The molecule has 1 nitrogen and oxygen atoms in total. The Labute approximate surface area is 81.9 Å². The molecule has 0 saturated heterocycles. The first-order valence-corrected chi connectivity index (χ1v) is 5.33. The highest BCUT2D eigenvalue weighted by Crippen LogP contribution is 2.37. The molecule has 1 heterocycles. The molecule has 0 bridgehead atoms. The second-order valence-electron chi connectivity index (χ2n) is 3.36. The number of hydrogen-bond donors (Lipinski definition) is 0. The minimum atomic E-state index is -0.112. The number of rotatable bonds is 0. The van der Waals surface area contributed by atoms with Gasteiger partial charge >= 0.3 is 0 Å². The number of halogens is 1. The Kier molecular flexibility index (Phi) is 2.20. The van der Waals surface area contributed by atoms with E-state index in [1.165, 1.54) is 6.07 Å². The maximum absolute atomic E-state index is 13.4. The molecule has 0 N–H and O–H groups in total. The topological polar surface area (TPSA) is 3.24 Å². The van der Waals surface area contributed by atoms with Crippen LogP contribution in [0.4, 0.5) is 10.1 Å². The molecule has 1 atom stereocenters. The maximum atomic E-state index is 13.4. The lowest BCUT2D eigenvalue weighted by Crippen LogP contribution is -2.34. The minimum absolute atomic E-state index is 0.112. The third-order valence-electron chi connectivity index (χ3n) is 2.44. The molecule has 0 amide bonds. The third kappa shape index (κ3) is 1.41. The van der Waals surface area contributed by atoms with Gasteiger partial charge < -0.3 is 4.90 Å². The molecule has 1 aromatic carbocycles. The van der Waals surface area contributed by atoms with Crippen LogP contribution in [0.15, 0.2) is 23.1 Å². The standard InChI is InChI=1S/C10H12FNS/c1-7-6-13-9-5-3-4-8(11)10(9)12(7)2/h3-5,7H,6H2,1-2H3.